The third-order valence-electron chi connectivity index (χ3n) is 3.30. The number of carbonyl (C=O) groups excluding carboxylic acids is 1. The largest absolute Gasteiger partial charge is 0.496 e. The average molecular weight is 268 g/mol. The molecule has 0 saturated carbocycles. The van der Waals surface area contributed by atoms with Gasteiger partial charge in [0.25, 0.3) is 5.91 Å². The van der Waals surface area contributed by atoms with E-state index in [0.717, 1.165) is 30.3 Å². The van der Waals surface area contributed by atoms with Crippen LogP contribution in [0.4, 0.5) is 0 Å². The Balaban J connectivity index is 1.91. The number of thiophene rings is 1. The Labute approximate surface area is 112 Å². The highest BCUT2D eigenvalue weighted by molar-refractivity contribution is 7.12. The molecule has 1 fully saturated rings. The van der Waals surface area contributed by atoms with Crippen LogP contribution in [0.5, 0.6) is 5.75 Å². The van der Waals surface area contributed by atoms with Crippen LogP contribution < -0.4 is 10.1 Å². The van der Waals surface area contributed by atoms with E-state index in [1.807, 2.05) is 23.4 Å². The van der Waals surface area contributed by atoms with Crippen LogP contribution in [0.3, 0.4) is 0 Å². The fourth-order valence-electron chi connectivity index (χ4n) is 2.28. The van der Waals surface area contributed by atoms with E-state index in [1.165, 1.54) is 24.2 Å². The van der Waals surface area contributed by atoms with E-state index in [0.29, 0.717) is 5.92 Å². The standard InChI is InChI=1S/C13H20N2O2S/c1-15(8-10-4-3-5-14-7-10)13(16)12-6-11(17-2)9-18-12/h6,9-10,14H,3-5,7-8H2,1-2H3. The van der Waals surface area contributed by atoms with Crippen LogP contribution in [0, 0.1) is 5.92 Å². The number of amides is 1. The molecule has 2 heterocycles. The summed E-state index contributed by atoms with van der Waals surface area (Å²) in [6, 6.07) is 1.81. The molecule has 1 aliphatic heterocycles. The van der Waals surface area contributed by atoms with Gasteiger partial charge in [0, 0.05) is 25.0 Å². The molecule has 1 saturated heterocycles. The highest BCUT2D eigenvalue weighted by Gasteiger charge is 2.20. The molecule has 1 aliphatic rings. The predicted molar refractivity (Wildman–Crippen MR) is 73.4 cm³/mol. The summed E-state index contributed by atoms with van der Waals surface area (Å²) in [5.74, 6) is 1.43. The van der Waals surface area contributed by atoms with Crippen molar-refractivity contribution in [2.75, 3.05) is 33.8 Å². The van der Waals surface area contributed by atoms with Gasteiger partial charge in [0.05, 0.1) is 12.0 Å². The molecule has 0 aliphatic carbocycles. The van der Waals surface area contributed by atoms with Gasteiger partial charge in [-0.2, -0.15) is 0 Å². The maximum atomic E-state index is 12.2. The lowest BCUT2D eigenvalue weighted by atomic mass is 9.99. The van der Waals surface area contributed by atoms with Crippen molar-refractivity contribution in [3.63, 3.8) is 0 Å². The summed E-state index contributed by atoms with van der Waals surface area (Å²) in [6.45, 7) is 2.95. The zero-order valence-electron chi connectivity index (χ0n) is 10.9. The molecule has 2 rings (SSSR count). The number of nitrogens with one attached hydrogen (secondary N) is 1. The Kier molecular flexibility index (Phi) is 4.60. The number of piperidine rings is 1. The fraction of sp³-hybridized carbons (Fsp3) is 0.615. The van der Waals surface area contributed by atoms with Crippen molar-refractivity contribution in [2.24, 2.45) is 5.92 Å². The maximum absolute atomic E-state index is 12.2. The van der Waals surface area contributed by atoms with E-state index in [4.69, 9.17) is 4.74 Å². The minimum atomic E-state index is 0.0915. The average Bonchev–Trinajstić information content (AvgIpc) is 2.87. The van der Waals surface area contributed by atoms with Gasteiger partial charge in [-0.05, 0) is 31.8 Å². The highest BCUT2D eigenvalue weighted by Crippen LogP contribution is 2.22. The Morgan fingerprint density at radius 3 is 3.11 bits per heavy atom. The van der Waals surface area contributed by atoms with Crippen LogP contribution in [-0.4, -0.2) is 44.6 Å². The van der Waals surface area contributed by atoms with Gasteiger partial charge in [0.15, 0.2) is 0 Å². The molecule has 0 aromatic carbocycles. The molecule has 0 spiro atoms. The number of ether oxygens (including phenoxy) is 1. The zero-order valence-corrected chi connectivity index (χ0v) is 11.8. The van der Waals surface area contributed by atoms with Crippen molar-refractivity contribution in [1.82, 2.24) is 10.2 Å². The Morgan fingerprint density at radius 2 is 2.50 bits per heavy atom. The highest BCUT2D eigenvalue weighted by atomic mass is 32.1. The summed E-state index contributed by atoms with van der Waals surface area (Å²) in [7, 11) is 3.50. The molecule has 1 unspecified atom stereocenters. The van der Waals surface area contributed by atoms with Crippen molar-refractivity contribution in [2.45, 2.75) is 12.8 Å². The molecule has 1 aromatic rings. The number of methoxy groups -OCH3 is 1. The van der Waals surface area contributed by atoms with E-state index in [9.17, 15) is 4.79 Å². The molecule has 1 amide bonds. The van der Waals surface area contributed by atoms with Gasteiger partial charge in [0.2, 0.25) is 0 Å². The quantitative estimate of drug-likeness (QED) is 0.906. The van der Waals surface area contributed by atoms with E-state index in [1.54, 1.807) is 7.11 Å². The normalized spacial score (nSPS) is 19.6. The lowest BCUT2D eigenvalue weighted by molar-refractivity contribution is 0.0769. The van der Waals surface area contributed by atoms with E-state index < -0.39 is 0 Å². The van der Waals surface area contributed by atoms with Crippen LogP contribution in [0.2, 0.25) is 0 Å². The second kappa shape index (κ2) is 6.20. The summed E-state index contributed by atoms with van der Waals surface area (Å²) in [4.78, 5) is 14.8. The van der Waals surface area contributed by atoms with Gasteiger partial charge in [-0.25, -0.2) is 0 Å². The minimum absolute atomic E-state index is 0.0915. The van der Waals surface area contributed by atoms with Crippen LogP contribution in [0.1, 0.15) is 22.5 Å². The van der Waals surface area contributed by atoms with Crippen molar-refractivity contribution in [1.29, 1.82) is 0 Å². The number of carbonyl (C=O) groups is 1. The topological polar surface area (TPSA) is 41.6 Å². The minimum Gasteiger partial charge on any atom is -0.496 e. The first-order chi connectivity index (χ1) is 8.70. The summed E-state index contributed by atoms with van der Waals surface area (Å²) in [5, 5.41) is 5.24. The molecule has 18 heavy (non-hydrogen) atoms. The van der Waals surface area contributed by atoms with Crippen LogP contribution in [0.25, 0.3) is 0 Å². The second-order valence-electron chi connectivity index (χ2n) is 4.75. The molecule has 0 radical (unpaired) electrons. The van der Waals surface area contributed by atoms with E-state index in [2.05, 4.69) is 5.32 Å². The molecule has 1 aromatic heterocycles. The number of nitrogens with zero attached hydrogens (tertiary/aromatic N) is 1. The molecule has 4 nitrogen and oxygen atoms in total. The lowest BCUT2D eigenvalue weighted by Gasteiger charge is -2.27. The third kappa shape index (κ3) is 3.23. The van der Waals surface area contributed by atoms with Crippen molar-refractivity contribution < 1.29 is 9.53 Å². The Hall–Kier alpha value is -1.07. The number of hydrogen-bond donors (Lipinski definition) is 1. The first-order valence-corrected chi connectivity index (χ1v) is 7.17. The predicted octanol–water partition coefficient (Wildman–Crippen LogP) is 1.83. The van der Waals surface area contributed by atoms with Crippen LogP contribution in [-0.2, 0) is 0 Å². The first-order valence-electron chi connectivity index (χ1n) is 6.29. The fourth-order valence-corrected chi connectivity index (χ4v) is 3.12. The second-order valence-corrected chi connectivity index (χ2v) is 5.66. The number of rotatable bonds is 4. The van der Waals surface area contributed by atoms with Gasteiger partial charge in [-0.3, -0.25) is 4.79 Å². The SMILES string of the molecule is COc1csc(C(=O)N(C)CC2CCCNC2)c1. The van der Waals surface area contributed by atoms with Crippen molar-refractivity contribution >= 4 is 17.2 Å². The van der Waals surface area contributed by atoms with Crippen LogP contribution in [0.15, 0.2) is 11.4 Å². The third-order valence-corrected chi connectivity index (χ3v) is 4.20. The molecule has 1 N–H and O–H groups in total. The van der Waals surface area contributed by atoms with Gasteiger partial charge in [-0.15, -0.1) is 11.3 Å². The molecular formula is C13H20N2O2S. The lowest BCUT2D eigenvalue weighted by Crippen LogP contribution is -2.38. The molecule has 1 atom stereocenters. The summed E-state index contributed by atoms with van der Waals surface area (Å²) in [5.41, 5.74) is 0. The van der Waals surface area contributed by atoms with Gasteiger partial charge in [0.1, 0.15) is 5.75 Å². The van der Waals surface area contributed by atoms with E-state index in [-0.39, 0.29) is 5.91 Å². The molecule has 5 heteroatoms. The monoisotopic (exact) mass is 268 g/mol. The Morgan fingerprint density at radius 1 is 1.67 bits per heavy atom. The van der Waals surface area contributed by atoms with Gasteiger partial charge in [-0.1, -0.05) is 0 Å². The molecule has 100 valence electrons. The zero-order chi connectivity index (χ0) is 13.0. The number of hydrogen-bond acceptors (Lipinski definition) is 4. The van der Waals surface area contributed by atoms with Gasteiger partial charge >= 0.3 is 0 Å². The van der Waals surface area contributed by atoms with Gasteiger partial charge < -0.3 is 15.0 Å². The first kappa shape index (κ1) is 13.4. The summed E-state index contributed by atoms with van der Waals surface area (Å²) >= 11 is 1.44. The van der Waals surface area contributed by atoms with Crippen molar-refractivity contribution in [3.05, 3.63) is 16.3 Å². The maximum Gasteiger partial charge on any atom is 0.263 e. The van der Waals surface area contributed by atoms with Crippen LogP contribution >= 0.6 is 11.3 Å². The smallest absolute Gasteiger partial charge is 0.263 e. The molecular weight excluding hydrogens is 248 g/mol. The van der Waals surface area contributed by atoms with E-state index >= 15 is 0 Å². The molecule has 0 bridgehead atoms. The summed E-state index contributed by atoms with van der Waals surface area (Å²) in [6.07, 6.45) is 2.41. The Bertz CT molecular complexity index is 399. The summed E-state index contributed by atoms with van der Waals surface area (Å²) < 4.78 is 5.10. The van der Waals surface area contributed by atoms with Crippen molar-refractivity contribution in [3.8, 4) is 5.75 Å².